The van der Waals surface area contributed by atoms with Crippen LogP contribution in [-0.4, -0.2) is 29.8 Å². The van der Waals surface area contributed by atoms with E-state index in [1.165, 1.54) is 4.90 Å². The van der Waals surface area contributed by atoms with E-state index < -0.39 is 6.04 Å². The molecule has 3 rings (SSSR count). The molecule has 0 bridgehead atoms. The van der Waals surface area contributed by atoms with Gasteiger partial charge in [0.25, 0.3) is 0 Å². The third kappa shape index (κ3) is 4.94. The van der Waals surface area contributed by atoms with E-state index in [-0.39, 0.29) is 24.8 Å². The van der Waals surface area contributed by atoms with Crippen molar-refractivity contribution < 1.29 is 9.59 Å². The Bertz CT molecular complexity index is 1040. The number of fused-ring (bicyclic) bond motifs is 1. The molecule has 3 aromatic rings. The van der Waals surface area contributed by atoms with Crippen LogP contribution < -0.4 is 5.32 Å². The largest absolute Gasteiger partial charge is 0.357 e. The molecule has 0 aromatic heterocycles. The van der Waals surface area contributed by atoms with Crippen molar-refractivity contribution in [3.05, 3.63) is 81.8 Å². The van der Waals surface area contributed by atoms with Crippen LogP contribution in [0.15, 0.2) is 60.7 Å². The number of amides is 2. The van der Waals surface area contributed by atoms with E-state index in [0.29, 0.717) is 22.0 Å². The minimum Gasteiger partial charge on any atom is -0.357 e. The molecule has 0 saturated heterocycles. The maximum Gasteiger partial charge on any atom is 0.242 e. The third-order valence-electron chi connectivity index (χ3n) is 5.29. The number of carbonyl (C=O) groups excluding carboxylic acids is 2. The first kappa shape index (κ1) is 22.1. The minimum absolute atomic E-state index is 0.130. The second-order valence-corrected chi connectivity index (χ2v) is 7.96. The van der Waals surface area contributed by atoms with Gasteiger partial charge < -0.3 is 10.2 Å². The highest BCUT2D eigenvalue weighted by Crippen LogP contribution is 2.27. The van der Waals surface area contributed by atoms with Crippen LogP contribution in [0, 0.1) is 0 Å². The highest BCUT2D eigenvalue weighted by Gasteiger charge is 2.26. The Kier molecular flexibility index (Phi) is 7.35. The Morgan fingerprint density at radius 3 is 2.30 bits per heavy atom. The minimum atomic E-state index is -0.651. The summed E-state index contributed by atoms with van der Waals surface area (Å²) in [6, 6.07) is 18.8. The molecule has 1 atom stereocenters. The molecule has 0 spiro atoms. The molecule has 0 aliphatic carbocycles. The normalized spacial score (nSPS) is 11.9. The van der Waals surface area contributed by atoms with E-state index in [2.05, 4.69) is 23.5 Å². The van der Waals surface area contributed by atoms with Gasteiger partial charge in [-0.3, -0.25) is 9.59 Å². The number of benzene rings is 3. The number of likely N-dealkylation sites (N-methyl/N-ethyl adjacent to an activating group) is 1. The summed E-state index contributed by atoms with van der Waals surface area (Å²) in [5.74, 6) is -0.369. The van der Waals surface area contributed by atoms with Gasteiger partial charge in [0.1, 0.15) is 6.04 Å². The fourth-order valence-corrected chi connectivity index (χ4v) is 4.06. The number of aryl methyl sites for hydroxylation is 1. The predicted octanol–water partition coefficient (Wildman–Crippen LogP) is 5.24. The second kappa shape index (κ2) is 9.96. The van der Waals surface area contributed by atoms with Crippen molar-refractivity contribution in [2.75, 3.05) is 7.05 Å². The van der Waals surface area contributed by atoms with Crippen molar-refractivity contribution in [2.24, 2.45) is 0 Å². The number of nitrogens with zero attached hydrogens (tertiary/aromatic N) is 1. The smallest absolute Gasteiger partial charge is 0.242 e. The lowest BCUT2D eigenvalue weighted by molar-refractivity contribution is -0.140. The highest BCUT2D eigenvalue weighted by molar-refractivity contribution is 6.36. The number of hydrogen-bond acceptors (Lipinski definition) is 2. The summed E-state index contributed by atoms with van der Waals surface area (Å²) in [6.45, 7) is 1.88. The van der Waals surface area contributed by atoms with E-state index in [1.807, 2.05) is 24.3 Å². The standard InChI is InChI=1S/C24H24Cl2N2O2/c1-16(24(30)27-2)28(15-20-21(25)11-6-12-22(20)26)23(29)14-13-18-9-5-8-17-7-3-4-10-19(17)18/h3-12,16H,13-15H2,1-2H3,(H,27,30). The van der Waals surface area contributed by atoms with Gasteiger partial charge in [0.05, 0.1) is 0 Å². The Morgan fingerprint density at radius 1 is 0.967 bits per heavy atom. The summed E-state index contributed by atoms with van der Waals surface area (Å²) in [7, 11) is 1.56. The summed E-state index contributed by atoms with van der Waals surface area (Å²) < 4.78 is 0. The second-order valence-electron chi connectivity index (χ2n) is 7.15. The van der Waals surface area contributed by atoms with Crippen molar-refractivity contribution in [3.8, 4) is 0 Å². The first-order valence-electron chi connectivity index (χ1n) is 9.83. The van der Waals surface area contributed by atoms with Gasteiger partial charge in [-0.15, -0.1) is 0 Å². The van der Waals surface area contributed by atoms with Gasteiger partial charge in [0, 0.05) is 35.6 Å². The van der Waals surface area contributed by atoms with Crippen LogP contribution in [-0.2, 0) is 22.6 Å². The van der Waals surface area contributed by atoms with Crippen molar-refractivity contribution in [3.63, 3.8) is 0 Å². The van der Waals surface area contributed by atoms with Crippen LogP contribution in [0.4, 0.5) is 0 Å². The number of nitrogens with one attached hydrogen (secondary N) is 1. The molecule has 0 aliphatic rings. The maximum atomic E-state index is 13.2. The van der Waals surface area contributed by atoms with Gasteiger partial charge in [-0.05, 0) is 41.8 Å². The van der Waals surface area contributed by atoms with Gasteiger partial charge in [0.15, 0.2) is 0 Å². The van der Waals surface area contributed by atoms with Crippen LogP contribution in [0.2, 0.25) is 10.0 Å². The average Bonchev–Trinajstić information content (AvgIpc) is 2.76. The monoisotopic (exact) mass is 442 g/mol. The SMILES string of the molecule is CNC(=O)C(C)N(Cc1c(Cl)cccc1Cl)C(=O)CCc1cccc2ccccc12. The summed E-state index contributed by atoms with van der Waals surface area (Å²) in [4.78, 5) is 27.0. The van der Waals surface area contributed by atoms with Gasteiger partial charge in [-0.25, -0.2) is 0 Å². The van der Waals surface area contributed by atoms with Gasteiger partial charge >= 0.3 is 0 Å². The molecule has 0 saturated carbocycles. The van der Waals surface area contributed by atoms with E-state index in [1.54, 1.807) is 32.2 Å². The average molecular weight is 443 g/mol. The Balaban J connectivity index is 1.83. The van der Waals surface area contributed by atoms with E-state index in [0.717, 1.165) is 16.3 Å². The molecular formula is C24H24Cl2N2O2. The molecule has 6 heteroatoms. The summed E-state index contributed by atoms with van der Waals surface area (Å²) in [5, 5.41) is 5.83. The molecule has 2 amide bonds. The number of halogens is 2. The zero-order valence-electron chi connectivity index (χ0n) is 17.0. The molecule has 0 aliphatic heterocycles. The Morgan fingerprint density at radius 2 is 1.60 bits per heavy atom. The zero-order chi connectivity index (χ0) is 21.7. The number of rotatable bonds is 7. The number of carbonyl (C=O) groups is 2. The molecule has 1 N–H and O–H groups in total. The predicted molar refractivity (Wildman–Crippen MR) is 123 cm³/mol. The lowest BCUT2D eigenvalue weighted by Gasteiger charge is -2.29. The van der Waals surface area contributed by atoms with Crippen molar-refractivity contribution in [1.82, 2.24) is 10.2 Å². The zero-order valence-corrected chi connectivity index (χ0v) is 18.5. The fourth-order valence-electron chi connectivity index (χ4n) is 3.54. The topological polar surface area (TPSA) is 49.4 Å². The quantitative estimate of drug-likeness (QED) is 0.543. The molecule has 156 valence electrons. The van der Waals surface area contributed by atoms with Gasteiger partial charge in [0.2, 0.25) is 11.8 Å². The van der Waals surface area contributed by atoms with Crippen LogP contribution >= 0.6 is 23.2 Å². The van der Waals surface area contributed by atoms with Crippen LogP contribution in [0.25, 0.3) is 10.8 Å². The molecule has 0 fully saturated rings. The van der Waals surface area contributed by atoms with Gasteiger partial charge in [-0.2, -0.15) is 0 Å². The first-order valence-corrected chi connectivity index (χ1v) is 10.6. The molecular weight excluding hydrogens is 419 g/mol. The Hall–Kier alpha value is -2.56. The molecule has 30 heavy (non-hydrogen) atoms. The lowest BCUT2D eigenvalue weighted by atomic mass is 10.0. The Labute approximate surface area is 186 Å². The molecule has 1 unspecified atom stereocenters. The van der Waals surface area contributed by atoms with E-state index in [9.17, 15) is 9.59 Å². The molecule has 3 aromatic carbocycles. The molecule has 0 radical (unpaired) electrons. The molecule has 4 nitrogen and oxygen atoms in total. The first-order chi connectivity index (χ1) is 14.4. The number of hydrogen-bond donors (Lipinski definition) is 1. The van der Waals surface area contributed by atoms with Crippen LogP contribution in [0.3, 0.4) is 0 Å². The van der Waals surface area contributed by atoms with Crippen LogP contribution in [0.1, 0.15) is 24.5 Å². The summed E-state index contributed by atoms with van der Waals surface area (Å²) >= 11 is 12.6. The molecule has 0 heterocycles. The van der Waals surface area contributed by atoms with Crippen molar-refractivity contribution >= 4 is 45.8 Å². The van der Waals surface area contributed by atoms with Crippen molar-refractivity contribution in [1.29, 1.82) is 0 Å². The lowest BCUT2D eigenvalue weighted by Crippen LogP contribution is -2.46. The fraction of sp³-hybridized carbons (Fsp3) is 0.250. The van der Waals surface area contributed by atoms with Gasteiger partial charge in [-0.1, -0.05) is 71.7 Å². The maximum absolute atomic E-state index is 13.2. The van der Waals surface area contributed by atoms with E-state index in [4.69, 9.17) is 23.2 Å². The summed E-state index contributed by atoms with van der Waals surface area (Å²) in [6.07, 6.45) is 0.852. The highest BCUT2D eigenvalue weighted by atomic mass is 35.5. The van der Waals surface area contributed by atoms with Crippen molar-refractivity contribution in [2.45, 2.75) is 32.4 Å². The third-order valence-corrected chi connectivity index (χ3v) is 6.00. The summed E-state index contributed by atoms with van der Waals surface area (Å²) in [5.41, 5.74) is 1.74. The van der Waals surface area contributed by atoms with E-state index >= 15 is 0 Å². The van der Waals surface area contributed by atoms with Crippen LogP contribution in [0.5, 0.6) is 0 Å².